The number of hydrogen-bond donors (Lipinski definition) is 0. The molecule has 0 heterocycles. The molecule has 0 bridgehead atoms. The molecule has 1 radical (unpaired) electrons. The van der Waals surface area contributed by atoms with Gasteiger partial charge in [0.15, 0.2) is 0 Å². The smallest absolute Gasteiger partial charge is 0.309 e. The van der Waals surface area contributed by atoms with Crippen LogP contribution < -0.4 is 0 Å². The summed E-state index contributed by atoms with van der Waals surface area (Å²) in [7, 11) is 1.36. The molecule has 0 fully saturated rings. The van der Waals surface area contributed by atoms with Crippen LogP contribution in [0.3, 0.4) is 0 Å². The third-order valence-corrected chi connectivity index (χ3v) is 1.87. The monoisotopic (exact) mass is 197 g/mol. The van der Waals surface area contributed by atoms with Crippen molar-refractivity contribution in [1.82, 2.24) is 0 Å². The van der Waals surface area contributed by atoms with Gasteiger partial charge in [-0.1, -0.05) is 23.7 Å². The van der Waals surface area contributed by atoms with Crippen molar-refractivity contribution in [2.75, 3.05) is 7.11 Å². The highest BCUT2D eigenvalue weighted by Gasteiger charge is 2.01. The van der Waals surface area contributed by atoms with E-state index in [0.29, 0.717) is 11.4 Å². The van der Waals surface area contributed by atoms with E-state index < -0.39 is 0 Å². The molecule has 2 nitrogen and oxygen atoms in total. The molecule has 0 aromatic heterocycles. The lowest BCUT2D eigenvalue weighted by molar-refractivity contribution is -0.136. The Labute approximate surface area is 82.5 Å². The maximum atomic E-state index is 10.7. The van der Waals surface area contributed by atoms with Crippen LogP contribution in [-0.4, -0.2) is 13.1 Å². The lowest BCUT2D eigenvalue weighted by Gasteiger charge is -1.99. The third-order valence-electron chi connectivity index (χ3n) is 1.62. The van der Waals surface area contributed by atoms with Gasteiger partial charge in [-0.05, 0) is 24.1 Å². The second-order valence-electron chi connectivity index (χ2n) is 2.56. The van der Waals surface area contributed by atoms with Gasteiger partial charge in [0.05, 0.1) is 13.5 Å². The predicted octanol–water partition coefficient (Wildman–Crippen LogP) is 2.26. The zero-order valence-electron chi connectivity index (χ0n) is 7.29. The van der Waals surface area contributed by atoms with E-state index in [2.05, 4.69) is 4.74 Å². The minimum atomic E-state index is -0.310. The van der Waals surface area contributed by atoms with Gasteiger partial charge in [-0.2, -0.15) is 0 Å². The van der Waals surface area contributed by atoms with E-state index in [9.17, 15) is 4.79 Å². The van der Waals surface area contributed by atoms with E-state index in [1.54, 1.807) is 12.1 Å². The van der Waals surface area contributed by atoms with Crippen LogP contribution in [0.1, 0.15) is 5.56 Å². The molecule has 0 N–H and O–H groups in total. The van der Waals surface area contributed by atoms with Crippen molar-refractivity contribution in [2.24, 2.45) is 0 Å². The largest absolute Gasteiger partial charge is 0.469 e. The Morgan fingerprint density at radius 3 is 2.62 bits per heavy atom. The lowest BCUT2D eigenvalue weighted by Crippen LogP contribution is -2.02. The zero-order chi connectivity index (χ0) is 9.68. The Hall–Kier alpha value is -1.02. The van der Waals surface area contributed by atoms with Gasteiger partial charge in [-0.15, -0.1) is 0 Å². The number of carbonyl (C=O) groups is 1. The van der Waals surface area contributed by atoms with Crippen LogP contribution >= 0.6 is 11.6 Å². The summed E-state index contributed by atoms with van der Waals surface area (Å²) in [6.07, 6.45) is 2.06. The summed E-state index contributed by atoms with van der Waals surface area (Å²) >= 11 is 5.70. The number of rotatable bonds is 3. The zero-order valence-corrected chi connectivity index (χ0v) is 8.04. The Kier molecular flexibility index (Phi) is 3.77. The van der Waals surface area contributed by atoms with Crippen molar-refractivity contribution in [3.63, 3.8) is 0 Å². The maximum absolute atomic E-state index is 10.7. The van der Waals surface area contributed by atoms with Gasteiger partial charge in [0.25, 0.3) is 0 Å². The molecule has 0 unspecified atom stereocenters. The van der Waals surface area contributed by atoms with Gasteiger partial charge < -0.3 is 4.74 Å². The molecular formula is C10H10ClO2. The predicted molar refractivity (Wildman–Crippen MR) is 51.5 cm³/mol. The topological polar surface area (TPSA) is 26.3 Å². The van der Waals surface area contributed by atoms with Gasteiger partial charge in [-0.3, -0.25) is 4.79 Å². The van der Waals surface area contributed by atoms with Gasteiger partial charge in [0.2, 0.25) is 0 Å². The molecule has 1 rings (SSSR count). The van der Waals surface area contributed by atoms with E-state index in [0.717, 1.165) is 5.56 Å². The normalized spacial score (nSPS) is 9.69. The first kappa shape index (κ1) is 10.1. The molecule has 13 heavy (non-hydrogen) atoms. The van der Waals surface area contributed by atoms with E-state index >= 15 is 0 Å². The van der Waals surface area contributed by atoms with Crippen molar-refractivity contribution in [3.05, 3.63) is 41.3 Å². The van der Waals surface area contributed by atoms with Crippen LogP contribution in [0.2, 0.25) is 5.02 Å². The lowest BCUT2D eigenvalue weighted by atomic mass is 10.1. The molecule has 3 heteroatoms. The highest BCUT2D eigenvalue weighted by Crippen LogP contribution is 2.10. The number of hydrogen-bond acceptors (Lipinski definition) is 2. The van der Waals surface area contributed by atoms with Crippen molar-refractivity contribution in [2.45, 2.75) is 6.42 Å². The molecule has 0 saturated heterocycles. The standard InChI is InChI=1S/C10H10ClO2/c1-13-10(12)7-4-8-2-5-9(11)6-3-8/h2-3,5-7H,4H2,1H3. The van der Waals surface area contributed by atoms with E-state index in [-0.39, 0.29) is 5.97 Å². The summed E-state index contributed by atoms with van der Waals surface area (Å²) in [5, 5.41) is 0.696. The molecule has 0 saturated carbocycles. The molecule has 0 amide bonds. The number of benzene rings is 1. The molecule has 1 aromatic carbocycles. The average Bonchev–Trinajstić information content (AvgIpc) is 2.16. The Morgan fingerprint density at radius 2 is 2.08 bits per heavy atom. The fraction of sp³-hybridized carbons (Fsp3) is 0.200. The minimum absolute atomic E-state index is 0.310. The van der Waals surface area contributed by atoms with Crippen LogP contribution in [0.25, 0.3) is 0 Å². The second-order valence-corrected chi connectivity index (χ2v) is 2.99. The molecule has 0 atom stereocenters. The Balaban J connectivity index is 2.46. The second kappa shape index (κ2) is 4.87. The van der Waals surface area contributed by atoms with Crippen molar-refractivity contribution < 1.29 is 9.53 Å². The first-order chi connectivity index (χ1) is 6.22. The Morgan fingerprint density at radius 1 is 1.46 bits per heavy atom. The van der Waals surface area contributed by atoms with Crippen LogP contribution in [0.5, 0.6) is 0 Å². The molecule has 0 aliphatic heterocycles. The fourth-order valence-corrected chi connectivity index (χ4v) is 1.03. The van der Waals surface area contributed by atoms with Crippen molar-refractivity contribution in [1.29, 1.82) is 0 Å². The summed E-state index contributed by atoms with van der Waals surface area (Å²) in [4.78, 5) is 10.7. The fourth-order valence-electron chi connectivity index (χ4n) is 0.905. The summed E-state index contributed by atoms with van der Waals surface area (Å²) in [5.74, 6) is -0.310. The van der Waals surface area contributed by atoms with E-state index in [4.69, 9.17) is 11.6 Å². The Bertz CT molecular complexity index is 279. The van der Waals surface area contributed by atoms with Crippen LogP contribution in [-0.2, 0) is 16.0 Å². The van der Waals surface area contributed by atoms with E-state index in [1.165, 1.54) is 13.5 Å². The highest BCUT2D eigenvalue weighted by molar-refractivity contribution is 6.30. The van der Waals surface area contributed by atoms with Gasteiger partial charge >= 0.3 is 5.97 Å². The highest BCUT2D eigenvalue weighted by atomic mass is 35.5. The number of esters is 1. The molecule has 69 valence electrons. The molecule has 0 spiro atoms. The summed E-state index contributed by atoms with van der Waals surface area (Å²) in [6.45, 7) is 0. The summed E-state index contributed by atoms with van der Waals surface area (Å²) < 4.78 is 4.48. The maximum Gasteiger partial charge on any atom is 0.309 e. The number of ether oxygens (including phenoxy) is 1. The van der Waals surface area contributed by atoms with Gasteiger partial charge in [-0.25, -0.2) is 0 Å². The van der Waals surface area contributed by atoms with Crippen LogP contribution in [0, 0.1) is 6.42 Å². The SMILES string of the molecule is COC(=O)[CH]Cc1ccc(Cl)cc1. The number of methoxy groups -OCH3 is 1. The number of halogens is 1. The summed E-state index contributed by atoms with van der Waals surface area (Å²) in [5.41, 5.74) is 1.04. The molecular weight excluding hydrogens is 188 g/mol. The van der Waals surface area contributed by atoms with E-state index in [1.807, 2.05) is 12.1 Å². The third kappa shape index (κ3) is 3.47. The number of carbonyl (C=O) groups excluding carboxylic acids is 1. The summed E-state index contributed by atoms with van der Waals surface area (Å²) in [6, 6.07) is 7.34. The quantitative estimate of drug-likeness (QED) is 0.695. The molecule has 0 aliphatic carbocycles. The van der Waals surface area contributed by atoms with Crippen LogP contribution in [0.4, 0.5) is 0 Å². The first-order valence-corrected chi connectivity index (χ1v) is 4.26. The minimum Gasteiger partial charge on any atom is -0.469 e. The first-order valence-electron chi connectivity index (χ1n) is 3.88. The average molecular weight is 198 g/mol. The molecule has 1 aromatic rings. The van der Waals surface area contributed by atoms with Gasteiger partial charge in [0.1, 0.15) is 0 Å². The van der Waals surface area contributed by atoms with Crippen molar-refractivity contribution in [3.8, 4) is 0 Å². The molecule has 0 aliphatic rings. The van der Waals surface area contributed by atoms with Crippen LogP contribution in [0.15, 0.2) is 24.3 Å². The van der Waals surface area contributed by atoms with Crippen molar-refractivity contribution >= 4 is 17.6 Å². The van der Waals surface area contributed by atoms with Gasteiger partial charge in [0, 0.05) is 5.02 Å².